The first-order valence-corrected chi connectivity index (χ1v) is 9.14. The molecule has 0 aromatic heterocycles. The minimum atomic E-state index is -1.04. The monoisotopic (exact) mass is 359 g/mol. The van der Waals surface area contributed by atoms with E-state index in [0.717, 1.165) is 5.56 Å². The molecule has 25 heavy (non-hydrogen) atoms. The number of aliphatic carboxylic acids is 1. The van der Waals surface area contributed by atoms with Crippen molar-refractivity contribution in [2.24, 2.45) is 0 Å². The molecule has 0 radical (unpaired) electrons. The highest BCUT2D eigenvalue weighted by molar-refractivity contribution is 7.98. The first-order valence-electron chi connectivity index (χ1n) is 7.98. The molecule has 0 saturated heterocycles. The van der Waals surface area contributed by atoms with E-state index in [1.807, 2.05) is 37.3 Å². The van der Waals surface area contributed by atoms with Crippen molar-refractivity contribution in [2.75, 3.05) is 12.4 Å². The van der Waals surface area contributed by atoms with Crippen molar-refractivity contribution in [3.8, 4) is 5.75 Å². The summed E-state index contributed by atoms with van der Waals surface area (Å²) >= 11 is 1.47. The molecule has 0 aliphatic rings. The molecule has 0 bridgehead atoms. The van der Waals surface area contributed by atoms with Gasteiger partial charge in [0.25, 0.3) is 5.91 Å². The number of rotatable bonds is 9. The van der Waals surface area contributed by atoms with Crippen LogP contribution in [0.25, 0.3) is 0 Å². The number of ether oxygens (including phenoxy) is 1. The molecule has 132 valence electrons. The molecule has 1 amide bonds. The van der Waals surface area contributed by atoms with Crippen molar-refractivity contribution in [3.63, 3.8) is 0 Å². The highest BCUT2D eigenvalue weighted by Gasteiger charge is 2.20. The van der Waals surface area contributed by atoms with Crippen LogP contribution in [-0.4, -0.2) is 35.4 Å². The number of carbonyl (C=O) groups is 2. The Morgan fingerprint density at radius 2 is 1.80 bits per heavy atom. The van der Waals surface area contributed by atoms with Crippen LogP contribution in [0.4, 0.5) is 0 Å². The lowest BCUT2D eigenvalue weighted by atomic mass is 10.2. The van der Waals surface area contributed by atoms with Gasteiger partial charge in [0.2, 0.25) is 0 Å². The second-order valence-corrected chi connectivity index (χ2v) is 6.35. The van der Waals surface area contributed by atoms with Crippen LogP contribution in [-0.2, 0) is 10.5 Å². The Morgan fingerprint density at radius 1 is 1.12 bits per heavy atom. The maximum atomic E-state index is 12.2. The minimum Gasteiger partial charge on any atom is -0.494 e. The Hall–Kier alpha value is -2.47. The third kappa shape index (κ3) is 6.15. The zero-order valence-corrected chi connectivity index (χ0v) is 14.8. The Balaban J connectivity index is 1.89. The molecule has 2 rings (SSSR count). The van der Waals surface area contributed by atoms with Crippen LogP contribution in [0, 0.1) is 0 Å². The normalized spacial score (nSPS) is 11.6. The molecular formula is C19H21NO4S. The summed E-state index contributed by atoms with van der Waals surface area (Å²) in [5, 5.41) is 11.9. The highest BCUT2D eigenvalue weighted by Crippen LogP contribution is 2.15. The summed E-state index contributed by atoms with van der Waals surface area (Å²) in [6.07, 6.45) is 0. The van der Waals surface area contributed by atoms with E-state index in [1.165, 1.54) is 11.8 Å². The van der Waals surface area contributed by atoms with Crippen molar-refractivity contribution in [3.05, 3.63) is 65.7 Å². The van der Waals surface area contributed by atoms with E-state index in [9.17, 15) is 14.7 Å². The third-order valence-corrected chi connectivity index (χ3v) is 4.53. The minimum absolute atomic E-state index is 0.299. The van der Waals surface area contributed by atoms with Crippen LogP contribution in [0.1, 0.15) is 22.8 Å². The maximum absolute atomic E-state index is 12.2. The van der Waals surface area contributed by atoms with E-state index in [4.69, 9.17) is 4.74 Å². The quantitative estimate of drug-likeness (QED) is 0.719. The van der Waals surface area contributed by atoms with Gasteiger partial charge in [-0.3, -0.25) is 4.79 Å². The van der Waals surface area contributed by atoms with Crippen molar-refractivity contribution in [2.45, 2.75) is 18.7 Å². The topological polar surface area (TPSA) is 75.6 Å². The summed E-state index contributed by atoms with van der Waals surface area (Å²) in [5.41, 5.74) is 1.53. The van der Waals surface area contributed by atoms with E-state index >= 15 is 0 Å². The van der Waals surface area contributed by atoms with Gasteiger partial charge in [-0.15, -0.1) is 0 Å². The second-order valence-electron chi connectivity index (χ2n) is 5.32. The van der Waals surface area contributed by atoms with E-state index in [-0.39, 0.29) is 0 Å². The Bertz CT molecular complexity index is 688. The van der Waals surface area contributed by atoms with E-state index in [1.54, 1.807) is 24.3 Å². The SMILES string of the molecule is CCOc1ccc(C(=O)NC(CSCc2ccccc2)C(=O)O)cc1. The van der Waals surface area contributed by atoms with Crippen LogP contribution in [0.15, 0.2) is 54.6 Å². The summed E-state index contributed by atoms with van der Waals surface area (Å²) in [6, 6.07) is 15.5. The summed E-state index contributed by atoms with van der Waals surface area (Å²) in [7, 11) is 0. The van der Waals surface area contributed by atoms with Crippen LogP contribution in [0.3, 0.4) is 0 Å². The standard InChI is InChI=1S/C19H21NO4S/c1-2-24-16-10-8-15(9-11-16)18(21)20-17(19(22)23)13-25-12-14-6-4-3-5-7-14/h3-11,17H,2,12-13H2,1H3,(H,20,21)(H,22,23). The lowest BCUT2D eigenvalue weighted by molar-refractivity contribution is -0.138. The van der Waals surface area contributed by atoms with Gasteiger partial charge >= 0.3 is 5.97 Å². The number of hydrogen-bond acceptors (Lipinski definition) is 4. The van der Waals surface area contributed by atoms with Gasteiger partial charge in [0.05, 0.1) is 6.61 Å². The summed E-state index contributed by atoms with van der Waals surface area (Å²) < 4.78 is 5.33. The predicted molar refractivity (Wildman–Crippen MR) is 99.1 cm³/mol. The van der Waals surface area contributed by atoms with Crippen LogP contribution < -0.4 is 10.1 Å². The van der Waals surface area contributed by atoms with Gasteiger partial charge in [0.15, 0.2) is 0 Å². The molecule has 1 unspecified atom stereocenters. The number of thioether (sulfide) groups is 1. The average Bonchev–Trinajstić information content (AvgIpc) is 2.62. The van der Waals surface area contributed by atoms with Crippen LogP contribution >= 0.6 is 11.8 Å². The lowest BCUT2D eigenvalue weighted by Gasteiger charge is -2.14. The Labute approximate surface area is 151 Å². The molecule has 2 N–H and O–H groups in total. The van der Waals surface area contributed by atoms with E-state index < -0.39 is 17.9 Å². The molecule has 2 aromatic carbocycles. The van der Waals surface area contributed by atoms with Gasteiger partial charge in [0.1, 0.15) is 11.8 Å². The summed E-state index contributed by atoms with van der Waals surface area (Å²) in [4.78, 5) is 23.6. The van der Waals surface area contributed by atoms with Gasteiger partial charge in [-0.2, -0.15) is 11.8 Å². The first-order chi connectivity index (χ1) is 12.1. The number of amides is 1. The summed E-state index contributed by atoms with van der Waals surface area (Å²) in [5.74, 6) is 0.221. The number of carboxylic acid groups (broad SMARTS) is 1. The molecule has 5 nitrogen and oxygen atoms in total. The fourth-order valence-corrected chi connectivity index (χ4v) is 3.16. The van der Waals surface area contributed by atoms with Crippen LogP contribution in [0.2, 0.25) is 0 Å². The lowest BCUT2D eigenvalue weighted by Crippen LogP contribution is -2.42. The molecular weight excluding hydrogens is 338 g/mol. The van der Waals surface area contributed by atoms with Crippen molar-refractivity contribution in [1.29, 1.82) is 0 Å². The summed E-state index contributed by atoms with van der Waals surface area (Å²) in [6.45, 7) is 2.43. The molecule has 0 saturated carbocycles. The van der Waals surface area contributed by atoms with E-state index in [2.05, 4.69) is 5.32 Å². The molecule has 0 aliphatic heterocycles. The van der Waals surface area contributed by atoms with Crippen molar-refractivity contribution >= 4 is 23.6 Å². The first kappa shape index (κ1) is 18.9. The largest absolute Gasteiger partial charge is 0.494 e. The van der Waals surface area contributed by atoms with Crippen LogP contribution in [0.5, 0.6) is 5.75 Å². The molecule has 2 aromatic rings. The fraction of sp³-hybridized carbons (Fsp3) is 0.263. The number of hydrogen-bond donors (Lipinski definition) is 2. The molecule has 0 fully saturated rings. The van der Waals surface area contributed by atoms with Crippen molar-refractivity contribution < 1.29 is 19.4 Å². The zero-order valence-electron chi connectivity index (χ0n) is 14.0. The maximum Gasteiger partial charge on any atom is 0.327 e. The average molecular weight is 359 g/mol. The van der Waals surface area contributed by atoms with Gasteiger partial charge in [-0.25, -0.2) is 4.79 Å². The number of carbonyl (C=O) groups excluding carboxylic acids is 1. The fourth-order valence-electron chi connectivity index (χ4n) is 2.15. The Morgan fingerprint density at radius 3 is 2.40 bits per heavy atom. The molecule has 6 heteroatoms. The Kier molecular flexibility index (Phi) is 7.35. The van der Waals surface area contributed by atoms with Gasteiger partial charge in [-0.1, -0.05) is 30.3 Å². The molecule has 0 spiro atoms. The van der Waals surface area contributed by atoms with E-state index in [0.29, 0.717) is 29.4 Å². The van der Waals surface area contributed by atoms with Gasteiger partial charge in [-0.05, 0) is 36.8 Å². The van der Waals surface area contributed by atoms with Gasteiger partial charge in [0, 0.05) is 17.1 Å². The highest BCUT2D eigenvalue weighted by atomic mass is 32.2. The molecule has 0 heterocycles. The zero-order chi connectivity index (χ0) is 18.1. The van der Waals surface area contributed by atoms with Crippen molar-refractivity contribution in [1.82, 2.24) is 5.32 Å². The second kappa shape index (κ2) is 9.74. The molecule has 0 aliphatic carbocycles. The smallest absolute Gasteiger partial charge is 0.327 e. The van der Waals surface area contributed by atoms with Gasteiger partial charge < -0.3 is 15.2 Å². The number of nitrogens with one attached hydrogen (secondary N) is 1. The molecule has 1 atom stereocenters. The number of benzene rings is 2. The third-order valence-electron chi connectivity index (χ3n) is 3.43. The predicted octanol–water partition coefficient (Wildman–Crippen LogP) is 3.20. The number of carboxylic acids is 1.